The highest BCUT2D eigenvalue weighted by molar-refractivity contribution is 7.91. The van der Waals surface area contributed by atoms with Crippen LogP contribution in [-0.4, -0.2) is 30.8 Å². The normalized spacial score (nSPS) is 16.0. The van der Waals surface area contributed by atoms with Gasteiger partial charge in [0, 0.05) is 0 Å². The van der Waals surface area contributed by atoms with E-state index in [9.17, 15) is 31.5 Å². The number of hydrogen-bond donors (Lipinski definition) is 2. The molecule has 10 heteroatoms. The van der Waals surface area contributed by atoms with Gasteiger partial charge in [0.2, 0.25) is 0 Å². The number of rotatable bonds is 7. The van der Waals surface area contributed by atoms with Gasteiger partial charge in [-0.05, 0) is 62.4 Å². The molecule has 0 heterocycles. The summed E-state index contributed by atoms with van der Waals surface area (Å²) in [4.78, 5) is 12.9. The summed E-state index contributed by atoms with van der Waals surface area (Å²) in [6.45, 7) is 2.84. The maximum absolute atomic E-state index is 13.1. The highest BCUT2D eigenvalue weighted by Gasteiger charge is 2.36. The number of amides is 1. The van der Waals surface area contributed by atoms with E-state index in [2.05, 4.69) is 5.32 Å². The summed E-state index contributed by atoms with van der Waals surface area (Å²) in [6.07, 6.45) is -2.95. The molecule has 2 aromatic carbocycles. The van der Waals surface area contributed by atoms with Gasteiger partial charge in [0.05, 0.1) is 38.4 Å². The van der Waals surface area contributed by atoms with E-state index in [1.165, 1.54) is 38.1 Å². The molecule has 32 heavy (non-hydrogen) atoms. The molecule has 1 fully saturated rings. The van der Waals surface area contributed by atoms with E-state index in [1.54, 1.807) is 0 Å². The second-order valence-electron chi connectivity index (χ2n) is 8.52. The van der Waals surface area contributed by atoms with Crippen LogP contribution in [0.1, 0.15) is 54.2 Å². The van der Waals surface area contributed by atoms with Crippen molar-refractivity contribution < 1.29 is 31.5 Å². The van der Waals surface area contributed by atoms with E-state index in [0.717, 1.165) is 31.0 Å². The van der Waals surface area contributed by atoms with Crippen molar-refractivity contribution in [1.82, 2.24) is 5.32 Å². The third kappa shape index (κ3) is 5.63. The van der Waals surface area contributed by atoms with Gasteiger partial charge in [0.1, 0.15) is 0 Å². The highest BCUT2D eigenvalue weighted by atomic mass is 35.5. The van der Waals surface area contributed by atoms with Gasteiger partial charge in [-0.25, -0.2) is 8.42 Å². The largest absolute Gasteiger partial charge is 0.417 e. The first-order chi connectivity index (χ1) is 14.7. The molecule has 0 spiro atoms. The number of benzene rings is 2. The lowest BCUT2D eigenvalue weighted by Gasteiger charge is -2.31. The maximum Gasteiger partial charge on any atom is 0.417 e. The van der Waals surface area contributed by atoms with Crippen LogP contribution in [0.5, 0.6) is 0 Å². The molecule has 1 atom stereocenters. The fourth-order valence-electron chi connectivity index (χ4n) is 3.36. The Morgan fingerprint density at radius 1 is 1.16 bits per heavy atom. The first-order valence-corrected chi connectivity index (χ1v) is 11.9. The first-order valence-electron chi connectivity index (χ1n) is 9.92. The number of sulfone groups is 1. The lowest BCUT2D eigenvalue weighted by molar-refractivity contribution is -0.137. The number of halogens is 4. The van der Waals surface area contributed by atoms with E-state index in [4.69, 9.17) is 11.6 Å². The summed E-state index contributed by atoms with van der Waals surface area (Å²) in [7, 11) is -3.44. The van der Waals surface area contributed by atoms with Gasteiger partial charge in [-0.2, -0.15) is 13.2 Å². The molecule has 0 saturated heterocycles. The Kier molecular flexibility index (Phi) is 6.66. The average Bonchev–Trinajstić information content (AvgIpc) is 3.47. The van der Waals surface area contributed by atoms with Crippen molar-refractivity contribution in [2.75, 3.05) is 5.75 Å². The minimum atomic E-state index is -4.73. The standard InChI is InChI=1S/C22H23ClF3NO4S/c1-21(2,29)19(14-8-10-15(11-9-14)32(30,31)12-13-6-7-13)27-20(28)16-4-3-5-17(18(16)23)22(24,25)26/h3-5,8-11,13,19,29H,6-7,12H2,1-2H3,(H,27,28). The van der Waals surface area contributed by atoms with Crippen LogP contribution < -0.4 is 5.32 Å². The van der Waals surface area contributed by atoms with Crippen molar-refractivity contribution >= 4 is 27.3 Å². The number of hydrogen-bond acceptors (Lipinski definition) is 4. The third-order valence-electron chi connectivity index (χ3n) is 5.26. The zero-order chi connectivity index (χ0) is 23.9. The fraction of sp³-hybridized carbons (Fsp3) is 0.409. The molecule has 0 aromatic heterocycles. The number of nitrogens with one attached hydrogen (secondary N) is 1. The topological polar surface area (TPSA) is 83.5 Å². The lowest BCUT2D eigenvalue weighted by atomic mass is 9.91. The monoisotopic (exact) mass is 489 g/mol. The zero-order valence-electron chi connectivity index (χ0n) is 17.4. The third-order valence-corrected chi connectivity index (χ3v) is 7.56. The summed E-state index contributed by atoms with van der Waals surface area (Å²) >= 11 is 5.84. The highest BCUT2D eigenvalue weighted by Crippen LogP contribution is 2.37. The lowest BCUT2D eigenvalue weighted by Crippen LogP contribution is -2.42. The summed E-state index contributed by atoms with van der Waals surface area (Å²) in [5.41, 5.74) is -2.66. The number of carbonyl (C=O) groups excluding carboxylic acids is 1. The second-order valence-corrected chi connectivity index (χ2v) is 10.9. The molecule has 1 amide bonds. The maximum atomic E-state index is 13.1. The predicted molar refractivity (Wildman–Crippen MR) is 114 cm³/mol. The van der Waals surface area contributed by atoms with Crippen molar-refractivity contribution in [3.63, 3.8) is 0 Å². The summed E-state index contributed by atoms with van der Waals surface area (Å²) in [5, 5.41) is 12.4. The summed E-state index contributed by atoms with van der Waals surface area (Å²) in [5.74, 6) is -0.648. The molecule has 3 rings (SSSR count). The van der Waals surface area contributed by atoms with Crippen LogP contribution >= 0.6 is 11.6 Å². The van der Waals surface area contributed by atoms with Crippen LogP contribution in [0, 0.1) is 5.92 Å². The van der Waals surface area contributed by atoms with Crippen molar-refractivity contribution in [2.45, 2.75) is 49.4 Å². The van der Waals surface area contributed by atoms with Crippen LogP contribution in [0.4, 0.5) is 13.2 Å². The SMILES string of the molecule is CC(C)(O)C(NC(=O)c1cccc(C(F)(F)F)c1Cl)c1ccc(S(=O)(=O)CC2CC2)cc1. The van der Waals surface area contributed by atoms with Crippen LogP contribution in [0.25, 0.3) is 0 Å². The Bertz CT molecular complexity index is 1110. The molecule has 0 aliphatic heterocycles. The smallest absolute Gasteiger partial charge is 0.388 e. The Morgan fingerprint density at radius 3 is 2.25 bits per heavy atom. The van der Waals surface area contributed by atoms with Crippen molar-refractivity contribution in [1.29, 1.82) is 0 Å². The quantitative estimate of drug-likeness (QED) is 0.586. The van der Waals surface area contributed by atoms with E-state index in [0.29, 0.717) is 5.56 Å². The van der Waals surface area contributed by atoms with E-state index in [-0.39, 0.29) is 22.1 Å². The van der Waals surface area contributed by atoms with Gasteiger partial charge >= 0.3 is 6.18 Å². The summed E-state index contributed by atoms with van der Waals surface area (Å²) in [6, 6.07) is 7.69. The molecule has 1 aliphatic carbocycles. The molecular formula is C22H23ClF3NO4S. The fourth-order valence-corrected chi connectivity index (χ4v) is 5.38. The van der Waals surface area contributed by atoms with Gasteiger partial charge in [-0.1, -0.05) is 29.8 Å². The Hall–Kier alpha value is -2.10. The van der Waals surface area contributed by atoms with E-state index >= 15 is 0 Å². The number of alkyl halides is 3. The van der Waals surface area contributed by atoms with Crippen LogP contribution in [0.15, 0.2) is 47.4 Å². The van der Waals surface area contributed by atoms with Gasteiger partial charge in [-0.15, -0.1) is 0 Å². The second kappa shape index (κ2) is 8.68. The molecular weight excluding hydrogens is 467 g/mol. The molecule has 0 radical (unpaired) electrons. The van der Waals surface area contributed by atoms with Crippen molar-refractivity contribution in [3.05, 3.63) is 64.2 Å². The Balaban J connectivity index is 1.88. The first kappa shape index (κ1) is 24.5. The van der Waals surface area contributed by atoms with Gasteiger partial charge in [0.25, 0.3) is 5.91 Å². The van der Waals surface area contributed by atoms with Gasteiger partial charge in [0.15, 0.2) is 9.84 Å². The molecule has 2 N–H and O–H groups in total. The Labute approximate surface area is 189 Å². The minimum absolute atomic E-state index is 0.0754. The summed E-state index contributed by atoms with van der Waals surface area (Å²) < 4.78 is 64.3. The Morgan fingerprint density at radius 2 is 1.75 bits per heavy atom. The van der Waals surface area contributed by atoms with E-state index in [1.807, 2.05) is 0 Å². The van der Waals surface area contributed by atoms with Gasteiger partial charge in [-0.3, -0.25) is 4.79 Å². The van der Waals surface area contributed by atoms with E-state index < -0.39 is 44.1 Å². The van der Waals surface area contributed by atoms with Crippen LogP contribution in [0.2, 0.25) is 5.02 Å². The predicted octanol–water partition coefficient (Wildman–Crippen LogP) is 4.78. The van der Waals surface area contributed by atoms with Gasteiger partial charge < -0.3 is 10.4 Å². The number of carbonyl (C=O) groups is 1. The zero-order valence-corrected chi connectivity index (χ0v) is 19.0. The molecule has 1 unspecified atom stereocenters. The molecule has 1 aliphatic rings. The molecule has 2 aromatic rings. The number of aliphatic hydroxyl groups is 1. The average molecular weight is 490 g/mol. The molecule has 174 valence electrons. The van der Waals surface area contributed by atoms with Crippen LogP contribution in [-0.2, 0) is 16.0 Å². The van der Waals surface area contributed by atoms with Crippen molar-refractivity contribution in [3.8, 4) is 0 Å². The molecule has 1 saturated carbocycles. The molecule has 5 nitrogen and oxygen atoms in total. The van der Waals surface area contributed by atoms with Crippen molar-refractivity contribution in [2.24, 2.45) is 5.92 Å². The molecule has 0 bridgehead atoms. The minimum Gasteiger partial charge on any atom is -0.388 e. The van der Waals surface area contributed by atoms with Crippen LogP contribution in [0.3, 0.4) is 0 Å².